The van der Waals surface area contributed by atoms with Gasteiger partial charge in [-0.1, -0.05) is 6.92 Å². The molecule has 1 saturated carbocycles. The molecule has 0 saturated heterocycles. The largest absolute Gasteiger partial charge is 0.368 e. The average Bonchev–Trinajstić information content (AvgIpc) is 2.94. The van der Waals surface area contributed by atoms with Crippen LogP contribution in [0.1, 0.15) is 19.8 Å². The van der Waals surface area contributed by atoms with E-state index < -0.39 is 0 Å². The lowest BCUT2D eigenvalue weighted by atomic mass is 10.1. The third kappa shape index (κ3) is 2.50. The first-order valence-corrected chi connectivity index (χ1v) is 5.41. The molecule has 16 heavy (non-hydrogen) atoms. The normalized spacial score (nSPS) is 16.9. The second-order valence-electron chi connectivity index (χ2n) is 4.88. The van der Waals surface area contributed by atoms with Crippen molar-refractivity contribution >= 4 is 17.8 Å². The Morgan fingerprint density at radius 2 is 2.00 bits per heavy atom. The summed E-state index contributed by atoms with van der Waals surface area (Å²) < 4.78 is 0. The highest BCUT2D eigenvalue weighted by Crippen LogP contribution is 2.44. The van der Waals surface area contributed by atoms with Crippen molar-refractivity contribution in [1.29, 1.82) is 0 Å². The summed E-state index contributed by atoms with van der Waals surface area (Å²) in [6, 6.07) is 0. The molecule has 2 rings (SSSR count). The summed E-state index contributed by atoms with van der Waals surface area (Å²) in [5.74, 6) is 1.39. The molecule has 1 fully saturated rings. The lowest BCUT2D eigenvalue weighted by Crippen LogP contribution is -2.18. The van der Waals surface area contributed by atoms with Crippen LogP contribution in [0.2, 0.25) is 0 Å². The van der Waals surface area contributed by atoms with Crippen molar-refractivity contribution in [2.45, 2.75) is 19.8 Å². The first-order chi connectivity index (χ1) is 7.48. The Labute approximate surface area is 95.3 Å². The molecule has 6 nitrogen and oxygen atoms in total. The van der Waals surface area contributed by atoms with Crippen molar-refractivity contribution in [3.63, 3.8) is 0 Å². The van der Waals surface area contributed by atoms with Crippen LogP contribution in [0.3, 0.4) is 0 Å². The molecule has 6 heteroatoms. The fourth-order valence-corrected chi connectivity index (χ4v) is 1.34. The SMILES string of the molecule is CN(C)c1nc(N)nc(NCC2(C)CC2)n1. The summed E-state index contributed by atoms with van der Waals surface area (Å²) in [6.07, 6.45) is 2.53. The van der Waals surface area contributed by atoms with E-state index >= 15 is 0 Å². The van der Waals surface area contributed by atoms with Gasteiger partial charge in [0.25, 0.3) is 0 Å². The maximum Gasteiger partial charge on any atom is 0.231 e. The molecule has 88 valence electrons. The molecule has 1 heterocycles. The van der Waals surface area contributed by atoms with E-state index in [1.165, 1.54) is 12.8 Å². The van der Waals surface area contributed by atoms with E-state index in [2.05, 4.69) is 27.2 Å². The van der Waals surface area contributed by atoms with Gasteiger partial charge in [-0.15, -0.1) is 0 Å². The molecular weight excluding hydrogens is 204 g/mol. The van der Waals surface area contributed by atoms with Crippen LogP contribution in [0.25, 0.3) is 0 Å². The van der Waals surface area contributed by atoms with Crippen molar-refractivity contribution in [3.8, 4) is 0 Å². The minimum Gasteiger partial charge on any atom is -0.368 e. The Bertz CT molecular complexity index is 385. The first-order valence-electron chi connectivity index (χ1n) is 5.41. The summed E-state index contributed by atoms with van der Waals surface area (Å²) >= 11 is 0. The molecule has 0 unspecified atom stereocenters. The van der Waals surface area contributed by atoms with Gasteiger partial charge in [0.1, 0.15) is 0 Å². The Hall–Kier alpha value is -1.59. The number of aromatic nitrogens is 3. The molecule has 1 aliphatic rings. The van der Waals surface area contributed by atoms with Crippen LogP contribution in [0, 0.1) is 5.41 Å². The number of nitrogens with zero attached hydrogens (tertiary/aromatic N) is 4. The van der Waals surface area contributed by atoms with Gasteiger partial charge in [0.05, 0.1) is 0 Å². The molecule has 1 aromatic rings. The van der Waals surface area contributed by atoms with Gasteiger partial charge in [0, 0.05) is 20.6 Å². The fraction of sp³-hybridized carbons (Fsp3) is 0.700. The average molecular weight is 222 g/mol. The quantitative estimate of drug-likeness (QED) is 0.782. The predicted molar refractivity (Wildman–Crippen MR) is 64.4 cm³/mol. The van der Waals surface area contributed by atoms with Gasteiger partial charge in [0.15, 0.2) is 0 Å². The Morgan fingerprint density at radius 1 is 1.31 bits per heavy atom. The van der Waals surface area contributed by atoms with Gasteiger partial charge in [0.2, 0.25) is 17.8 Å². The molecule has 0 bridgehead atoms. The van der Waals surface area contributed by atoms with Gasteiger partial charge in [-0.3, -0.25) is 0 Å². The van der Waals surface area contributed by atoms with Crippen molar-refractivity contribution in [2.75, 3.05) is 36.6 Å². The summed E-state index contributed by atoms with van der Waals surface area (Å²) in [4.78, 5) is 14.2. The third-order valence-corrected chi connectivity index (χ3v) is 2.82. The predicted octanol–water partition coefficient (Wildman–Crippen LogP) is 0.732. The van der Waals surface area contributed by atoms with Gasteiger partial charge >= 0.3 is 0 Å². The van der Waals surface area contributed by atoms with Crippen LogP contribution >= 0.6 is 0 Å². The minimum absolute atomic E-state index is 0.252. The number of hydrogen-bond acceptors (Lipinski definition) is 6. The summed E-state index contributed by atoms with van der Waals surface area (Å²) in [5, 5.41) is 3.21. The molecule has 0 aliphatic heterocycles. The van der Waals surface area contributed by atoms with E-state index in [-0.39, 0.29) is 5.95 Å². The number of nitrogen functional groups attached to an aromatic ring is 1. The van der Waals surface area contributed by atoms with E-state index in [1.807, 2.05) is 19.0 Å². The van der Waals surface area contributed by atoms with Crippen molar-refractivity contribution < 1.29 is 0 Å². The first kappa shape index (κ1) is 10.9. The van der Waals surface area contributed by atoms with Crippen molar-refractivity contribution in [1.82, 2.24) is 15.0 Å². The van der Waals surface area contributed by atoms with Gasteiger partial charge in [-0.2, -0.15) is 15.0 Å². The van der Waals surface area contributed by atoms with E-state index in [0.717, 1.165) is 6.54 Å². The molecule has 0 atom stereocenters. The minimum atomic E-state index is 0.252. The lowest BCUT2D eigenvalue weighted by Gasteiger charge is -2.13. The van der Waals surface area contributed by atoms with E-state index in [9.17, 15) is 0 Å². The zero-order valence-electron chi connectivity index (χ0n) is 9.99. The number of nitrogens with two attached hydrogens (primary N) is 1. The molecule has 1 aromatic heterocycles. The highest BCUT2D eigenvalue weighted by Gasteiger charge is 2.37. The second kappa shape index (κ2) is 3.77. The van der Waals surface area contributed by atoms with Crippen LogP contribution in [0.15, 0.2) is 0 Å². The molecule has 0 spiro atoms. The van der Waals surface area contributed by atoms with E-state index in [0.29, 0.717) is 17.3 Å². The van der Waals surface area contributed by atoms with Gasteiger partial charge < -0.3 is 16.0 Å². The smallest absolute Gasteiger partial charge is 0.231 e. The standard InChI is InChI=1S/C10H18N6/c1-10(4-5-10)6-12-8-13-7(11)14-9(15-8)16(2)3/h4-6H2,1-3H3,(H3,11,12,13,14,15). The molecular formula is C10H18N6. The fourth-order valence-electron chi connectivity index (χ4n) is 1.34. The van der Waals surface area contributed by atoms with E-state index in [4.69, 9.17) is 5.73 Å². The maximum atomic E-state index is 5.62. The van der Waals surface area contributed by atoms with Crippen LogP contribution < -0.4 is 16.0 Å². The maximum absolute atomic E-state index is 5.62. The number of hydrogen-bond donors (Lipinski definition) is 2. The number of nitrogens with one attached hydrogen (secondary N) is 1. The van der Waals surface area contributed by atoms with Gasteiger partial charge in [-0.05, 0) is 18.3 Å². The zero-order valence-corrected chi connectivity index (χ0v) is 9.99. The summed E-state index contributed by atoms with van der Waals surface area (Å²) in [5.41, 5.74) is 6.04. The van der Waals surface area contributed by atoms with Crippen LogP contribution in [-0.4, -0.2) is 35.6 Å². The Balaban J connectivity index is 2.07. The highest BCUT2D eigenvalue weighted by atomic mass is 15.3. The molecule has 1 aliphatic carbocycles. The summed E-state index contributed by atoms with van der Waals surface area (Å²) in [6.45, 7) is 3.14. The topological polar surface area (TPSA) is 80.0 Å². The molecule has 0 aromatic carbocycles. The van der Waals surface area contributed by atoms with Crippen LogP contribution in [-0.2, 0) is 0 Å². The molecule has 3 N–H and O–H groups in total. The van der Waals surface area contributed by atoms with Gasteiger partial charge in [-0.25, -0.2) is 0 Å². The Morgan fingerprint density at radius 3 is 2.56 bits per heavy atom. The van der Waals surface area contributed by atoms with Crippen LogP contribution in [0.5, 0.6) is 0 Å². The number of rotatable bonds is 4. The number of anilines is 3. The zero-order chi connectivity index (χ0) is 11.8. The molecule has 0 radical (unpaired) electrons. The monoisotopic (exact) mass is 222 g/mol. The molecule has 0 amide bonds. The third-order valence-electron chi connectivity index (χ3n) is 2.82. The lowest BCUT2D eigenvalue weighted by molar-refractivity contribution is 0.607. The van der Waals surface area contributed by atoms with Crippen molar-refractivity contribution in [2.24, 2.45) is 5.41 Å². The van der Waals surface area contributed by atoms with Crippen molar-refractivity contribution in [3.05, 3.63) is 0 Å². The summed E-state index contributed by atoms with van der Waals surface area (Å²) in [7, 11) is 3.75. The second-order valence-corrected chi connectivity index (χ2v) is 4.88. The highest BCUT2D eigenvalue weighted by molar-refractivity contribution is 5.40. The Kier molecular flexibility index (Phi) is 2.57. The van der Waals surface area contributed by atoms with Crippen LogP contribution in [0.4, 0.5) is 17.8 Å². The van der Waals surface area contributed by atoms with E-state index in [1.54, 1.807) is 0 Å².